The van der Waals surface area contributed by atoms with Crippen LogP contribution >= 0.6 is 11.3 Å². The van der Waals surface area contributed by atoms with Crippen molar-refractivity contribution in [3.8, 4) is 28.5 Å². The van der Waals surface area contributed by atoms with Crippen molar-refractivity contribution in [1.29, 1.82) is 0 Å². The first-order valence-corrected chi connectivity index (χ1v) is 9.65. The highest BCUT2D eigenvalue weighted by Gasteiger charge is 2.16. The zero-order valence-electron chi connectivity index (χ0n) is 16.8. The summed E-state index contributed by atoms with van der Waals surface area (Å²) >= 11 is 1.39. The molecule has 0 saturated heterocycles. The topological polar surface area (TPSA) is 108 Å². The Bertz CT molecular complexity index is 1100. The lowest BCUT2D eigenvalue weighted by Gasteiger charge is -2.08. The molecule has 2 aromatic carbocycles. The van der Waals surface area contributed by atoms with E-state index < -0.39 is 4.92 Å². The molecule has 1 aromatic heterocycles. The van der Waals surface area contributed by atoms with Crippen molar-refractivity contribution in [1.82, 2.24) is 4.98 Å². The molecule has 1 heterocycles. The lowest BCUT2D eigenvalue weighted by molar-refractivity contribution is -0.385. The molecule has 0 spiro atoms. The number of hydrogen-bond donors (Lipinski definition) is 1. The number of rotatable bonds is 8. The predicted molar refractivity (Wildman–Crippen MR) is 116 cm³/mol. The molecule has 10 heteroatoms. The van der Waals surface area contributed by atoms with Gasteiger partial charge in [0.2, 0.25) is 5.13 Å². The van der Waals surface area contributed by atoms with Gasteiger partial charge in [0, 0.05) is 22.6 Å². The average molecular weight is 428 g/mol. The highest BCUT2D eigenvalue weighted by atomic mass is 32.1. The van der Waals surface area contributed by atoms with Crippen LogP contribution in [0.3, 0.4) is 0 Å². The number of hydrogen-bond acceptors (Lipinski definition) is 9. The van der Waals surface area contributed by atoms with Crippen molar-refractivity contribution in [2.75, 3.05) is 26.8 Å². The maximum absolute atomic E-state index is 11.2. The molecule has 3 rings (SSSR count). The SMILES string of the molecule is COc1ccc(-c2csc(N/N=C(\C)c3ccc(OC)c([N+](=O)[O-])c3)n2)cc1OC. The molecule has 0 saturated carbocycles. The van der Waals surface area contributed by atoms with Crippen molar-refractivity contribution >= 4 is 27.9 Å². The van der Waals surface area contributed by atoms with E-state index in [0.29, 0.717) is 27.9 Å². The Labute approximate surface area is 177 Å². The number of methoxy groups -OCH3 is 3. The fourth-order valence-corrected chi connectivity index (χ4v) is 3.37. The van der Waals surface area contributed by atoms with Gasteiger partial charge < -0.3 is 14.2 Å². The van der Waals surface area contributed by atoms with Crippen molar-refractivity contribution in [2.45, 2.75) is 6.92 Å². The monoisotopic (exact) mass is 428 g/mol. The Morgan fingerprint density at radius 2 is 1.77 bits per heavy atom. The van der Waals surface area contributed by atoms with E-state index in [1.165, 1.54) is 24.5 Å². The van der Waals surface area contributed by atoms with Crippen LogP contribution < -0.4 is 19.6 Å². The van der Waals surface area contributed by atoms with Gasteiger partial charge in [-0.25, -0.2) is 4.98 Å². The maximum Gasteiger partial charge on any atom is 0.311 e. The Kier molecular flexibility index (Phi) is 6.48. The van der Waals surface area contributed by atoms with Gasteiger partial charge in [0.05, 0.1) is 37.7 Å². The van der Waals surface area contributed by atoms with Crippen LogP contribution in [0, 0.1) is 10.1 Å². The molecular formula is C20H20N4O5S. The third kappa shape index (κ3) is 4.49. The molecule has 0 aliphatic carbocycles. The van der Waals surface area contributed by atoms with Crippen molar-refractivity contribution in [3.63, 3.8) is 0 Å². The summed E-state index contributed by atoms with van der Waals surface area (Å²) in [5, 5.41) is 18.0. The molecule has 0 radical (unpaired) electrons. The molecule has 0 fully saturated rings. The Morgan fingerprint density at radius 3 is 2.43 bits per heavy atom. The number of nitrogens with zero attached hydrogens (tertiary/aromatic N) is 3. The fourth-order valence-electron chi connectivity index (χ4n) is 2.71. The number of thiazole rings is 1. The molecule has 3 aromatic rings. The summed E-state index contributed by atoms with van der Waals surface area (Å²) < 4.78 is 15.6. The van der Waals surface area contributed by atoms with E-state index in [-0.39, 0.29) is 11.4 Å². The summed E-state index contributed by atoms with van der Waals surface area (Å²) in [6.45, 7) is 1.75. The molecule has 30 heavy (non-hydrogen) atoms. The van der Waals surface area contributed by atoms with Gasteiger partial charge in [0.1, 0.15) is 0 Å². The molecule has 0 amide bonds. The zero-order valence-corrected chi connectivity index (χ0v) is 17.6. The number of anilines is 1. The van der Waals surface area contributed by atoms with Crippen LogP contribution in [0.15, 0.2) is 46.9 Å². The number of nitro benzene ring substituents is 1. The van der Waals surface area contributed by atoms with E-state index in [1.807, 2.05) is 23.6 Å². The lowest BCUT2D eigenvalue weighted by Crippen LogP contribution is -2.02. The third-order valence-electron chi connectivity index (χ3n) is 4.30. The van der Waals surface area contributed by atoms with Gasteiger partial charge in [0.25, 0.3) is 0 Å². The number of nitro groups is 1. The van der Waals surface area contributed by atoms with Crippen LogP contribution in [0.1, 0.15) is 12.5 Å². The van der Waals surface area contributed by atoms with Crippen molar-refractivity contribution < 1.29 is 19.1 Å². The van der Waals surface area contributed by atoms with E-state index in [4.69, 9.17) is 14.2 Å². The largest absolute Gasteiger partial charge is 0.493 e. The second kappa shape index (κ2) is 9.23. The van der Waals surface area contributed by atoms with E-state index in [1.54, 1.807) is 33.3 Å². The minimum absolute atomic E-state index is 0.116. The summed E-state index contributed by atoms with van der Waals surface area (Å²) in [5.41, 5.74) is 5.60. The molecule has 0 atom stereocenters. The quantitative estimate of drug-likeness (QED) is 0.318. The lowest BCUT2D eigenvalue weighted by atomic mass is 10.1. The maximum atomic E-state index is 11.2. The van der Waals surface area contributed by atoms with Crippen LogP contribution in [-0.2, 0) is 0 Å². The summed E-state index contributed by atoms with van der Waals surface area (Å²) in [6.07, 6.45) is 0. The van der Waals surface area contributed by atoms with E-state index in [0.717, 1.165) is 11.3 Å². The second-order valence-corrected chi connectivity index (χ2v) is 6.92. The molecule has 0 aliphatic rings. The molecule has 156 valence electrons. The number of nitrogens with one attached hydrogen (secondary N) is 1. The van der Waals surface area contributed by atoms with Gasteiger partial charge in [-0.1, -0.05) is 0 Å². The molecule has 0 aliphatic heterocycles. The van der Waals surface area contributed by atoms with Crippen molar-refractivity contribution in [2.24, 2.45) is 5.10 Å². The van der Waals surface area contributed by atoms with E-state index in [2.05, 4.69) is 15.5 Å². The highest BCUT2D eigenvalue weighted by Crippen LogP contribution is 2.33. The smallest absolute Gasteiger partial charge is 0.311 e. The minimum atomic E-state index is -0.487. The molecular weight excluding hydrogens is 408 g/mol. The molecule has 1 N–H and O–H groups in total. The van der Waals surface area contributed by atoms with Gasteiger partial charge in [-0.15, -0.1) is 11.3 Å². The van der Waals surface area contributed by atoms with Gasteiger partial charge in [0.15, 0.2) is 17.2 Å². The first kappa shape index (κ1) is 21.1. The average Bonchev–Trinajstić information content (AvgIpc) is 3.25. The van der Waals surface area contributed by atoms with Gasteiger partial charge in [-0.05, 0) is 37.3 Å². The summed E-state index contributed by atoms with van der Waals surface area (Å²) in [7, 11) is 4.56. The molecule has 0 bridgehead atoms. The zero-order chi connectivity index (χ0) is 21.7. The first-order chi connectivity index (χ1) is 14.5. The van der Waals surface area contributed by atoms with Crippen LogP contribution in [0.25, 0.3) is 11.3 Å². The minimum Gasteiger partial charge on any atom is -0.493 e. The Morgan fingerprint density at radius 1 is 1.07 bits per heavy atom. The fraction of sp³-hybridized carbons (Fsp3) is 0.200. The van der Waals surface area contributed by atoms with E-state index >= 15 is 0 Å². The molecule has 9 nitrogen and oxygen atoms in total. The van der Waals surface area contributed by atoms with E-state index in [9.17, 15) is 10.1 Å². The first-order valence-electron chi connectivity index (χ1n) is 8.77. The Hall–Kier alpha value is -3.66. The van der Waals surface area contributed by atoms with Gasteiger partial charge >= 0.3 is 5.69 Å². The number of aromatic nitrogens is 1. The van der Waals surface area contributed by atoms with Gasteiger partial charge in [-0.3, -0.25) is 15.5 Å². The number of ether oxygens (including phenoxy) is 3. The molecule has 0 unspecified atom stereocenters. The van der Waals surface area contributed by atoms with Crippen LogP contribution in [-0.4, -0.2) is 36.9 Å². The highest BCUT2D eigenvalue weighted by molar-refractivity contribution is 7.14. The predicted octanol–water partition coefficient (Wildman–Crippen LogP) is 4.58. The standard InChI is InChI=1S/C20H20N4O5S/c1-12(13-5-7-17(27-2)16(9-13)24(25)26)22-23-20-21-15(11-30-20)14-6-8-18(28-3)19(10-14)29-4/h5-11H,1-4H3,(H,21,23)/b22-12+. The summed E-state index contributed by atoms with van der Waals surface area (Å²) in [5.74, 6) is 1.46. The van der Waals surface area contributed by atoms with Crippen molar-refractivity contribution in [3.05, 3.63) is 57.5 Å². The van der Waals surface area contributed by atoms with Crippen LogP contribution in [0.2, 0.25) is 0 Å². The number of benzene rings is 2. The number of hydrazone groups is 1. The normalized spacial score (nSPS) is 11.1. The third-order valence-corrected chi connectivity index (χ3v) is 5.04. The summed E-state index contributed by atoms with van der Waals surface area (Å²) in [6, 6.07) is 10.2. The Balaban J connectivity index is 1.79. The van der Waals surface area contributed by atoms with Crippen LogP contribution in [0.4, 0.5) is 10.8 Å². The second-order valence-electron chi connectivity index (χ2n) is 6.06. The summed E-state index contributed by atoms with van der Waals surface area (Å²) in [4.78, 5) is 15.2. The van der Waals surface area contributed by atoms with Crippen LogP contribution in [0.5, 0.6) is 17.2 Å². The van der Waals surface area contributed by atoms with Gasteiger partial charge in [-0.2, -0.15) is 5.10 Å².